The van der Waals surface area contributed by atoms with Gasteiger partial charge in [-0.15, -0.1) is 0 Å². The monoisotopic (exact) mass is 272 g/mol. The number of hydrogen-bond donors (Lipinski definition) is 2. The third-order valence-electron chi connectivity index (χ3n) is 4.12. The van der Waals surface area contributed by atoms with E-state index in [0.717, 1.165) is 13.1 Å². The Kier molecular flexibility index (Phi) is 4.75. The molecule has 1 aromatic carbocycles. The fraction of sp³-hybridized carbons (Fsp3) is 0.500. The van der Waals surface area contributed by atoms with Gasteiger partial charge in [0.25, 0.3) is 5.91 Å². The molecular weight excluding hydrogens is 250 g/mol. The number of nitriles is 1. The summed E-state index contributed by atoms with van der Waals surface area (Å²) in [6.07, 6.45) is 2.44. The van der Waals surface area contributed by atoms with Crippen LogP contribution in [-0.4, -0.2) is 25.0 Å². The molecule has 1 amide bonds. The van der Waals surface area contributed by atoms with E-state index in [9.17, 15) is 4.79 Å². The van der Waals surface area contributed by atoms with Gasteiger partial charge in [-0.3, -0.25) is 4.79 Å². The first kappa shape index (κ1) is 14.5. The van der Waals surface area contributed by atoms with Crippen molar-refractivity contribution in [3.05, 3.63) is 29.8 Å². The number of rotatable bonds is 3. The number of nitrogens with zero attached hydrogens (tertiary/aromatic N) is 1. The number of carbonyl (C=O) groups is 1. The lowest BCUT2D eigenvalue weighted by Gasteiger charge is -2.31. The summed E-state index contributed by atoms with van der Waals surface area (Å²) in [6, 6.07) is 9.15. The van der Waals surface area contributed by atoms with E-state index in [2.05, 4.69) is 18.3 Å². The summed E-state index contributed by atoms with van der Waals surface area (Å²) >= 11 is 0. The van der Waals surface area contributed by atoms with E-state index in [4.69, 9.17) is 5.26 Å². The van der Waals surface area contributed by atoms with E-state index in [1.165, 1.54) is 17.7 Å². The molecule has 1 heterocycles. The lowest BCUT2D eigenvalue weighted by Crippen LogP contribution is -3.17. The standard InChI is InChI=1S/C16H21N3O/c1-12-6-5-9-19(11-12)13(2)16(20)18-15-8-4-3-7-14(15)10-17/h3-4,7-8,12-13H,5-6,9,11H2,1-2H3,(H,18,20)/p+1/t12-,13+/m1/s1. The second-order valence-electron chi connectivity index (χ2n) is 5.73. The second kappa shape index (κ2) is 6.53. The zero-order valence-corrected chi connectivity index (χ0v) is 12.1. The Labute approximate surface area is 120 Å². The Balaban J connectivity index is 2.02. The molecule has 2 rings (SSSR count). The Morgan fingerprint density at radius 3 is 2.95 bits per heavy atom. The zero-order chi connectivity index (χ0) is 14.5. The van der Waals surface area contributed by atoms with Crippen LogP contribution in [0.2, 0.25) is 0 Å². The molecule has 1 saturated heterocycles. The highest BCUT2D eigenvalue weighted by atomic mass is 16.2. The third kappa shape index (κ3) is 3.37. The molecule has 2 N–H and O–H groups in total. The normalized spacial score (nSPS) is 23.6. The zero-order valence-electron chi connectivity index (χ0n) is 12.1. The van der Waals surface area contributed by atoms with Gasteiger partial charge in [0.2, 0.25) is 0 Å². The molecule has 4 heteroatoms. The van der Waals surface area contributed by atoms with Gasteiger partial charge in [0, 0.05) is 5.92 Å². The van der Waals surface area contributed by atoms with E-state index < -0.39 is 0 Å². The molecule has 1 aliphatic rings. The van der Waals surface area contributed by atoms with Gasteiger partial charge in [0.05, 0.1) is 24.3 Å². The number of para-hydroxylation sites is 1. The van der Waals surface area contributed by atoms with Gasteiger partial charge >= 0.3 is 0 Å². The summed E-state index contributed by atoms with van der Waals surface area (Å²) in [6.45, 7) is 6.32. The molecule has 0 aliphatic carbocycles. The average Bonchev–Trinajstić information content (AvgIpc) is 2.47. The number of anilines is 1. The maximum Gasteiger partial charge on any atom is 0.282 e. The lowest BCUT2D eigenvalue weighted by atomic mass is 9.99. The minimum Gasteiger partial charge on any atom is -0.325 e. The minimum atomic E-state index is -0.0792. The maximum atomic E-state index is 12.3. The van der Waals surface area contributed by atoms with Crippen LogP contribution >= 0.6 is 0 Å². The molecule has 0 aromatic heterocycles. The number of piperidine rings is 1. The topological polar surface area (TPSA) is 57.3 Å². The van der Waals surface area contributed by atoms with Gasteiger partial charge in [-0.2, -0.15) is 5.26 Å². The second-order valence-corrected chi connectivity index (χ2v) is 5.73. The van der Waals surface area contributed by atoms with Crippen molar-refractivity contribution in [2.24, 2.45) is 5.92 Å². The number of benzene rings is 1. The Bertz CT molecular complexity index is 521. The largest absolute Gasteiger partial charge is 0.325 e. The predicted molar refractivity (Wildman–Crippen MR) is 78.3 cm³/mol. The molecule has 106 valence electrons. The van der Waals surface area contributed by atoms with Crippen LogP contribution in [0.3, 0.4) is 0 Å². The predicted octanol–water partition coefficient (Wildman–Crippen LogP) is 1.20. The van der Waals surface area contributed by atoms with Crippen molar-refractivity contribution in [2.45, 2.75) is 32.7 Å². The van der Waals surface area contributed by atoms with Crippen molar-refractivity contribution >= 4 is 11.6 Å². The van der Waals surface area contributed by atoms with Crippen LogP contribution in [0.1, 0.15) is 32.3 Å². The van der Waals surface area contributed by atoms with E-state index in [1.54, 1.807) is 18.2 Å². The Morgan fingerprint density at radius 1 is 1.50 bits per heavy atom. The highest BCUT2D eigenvalue weighted by Crippen LogP contribution is 2.13. The number of carbonyl (C=O) groups excluding carboxylic acids is 1. The fourth-order valence-electron chi connectivity index (χ4n) is 2.84. The van der Waals surface area contributed by atoms with Crippen LogP contribution in [-0.2, 0) is 4.79 Å². The summed E-state index contributed by atoms with van der Waals surface area (Å²) in [5.41, 5.74) is 1.12. The Hall–Kier alpha value is -1.86. The van der Waals surface area contributed by atoms with Gasteiger partial charge in [0.1, 0.15) is 6.07 Å². The van der Waals surface area contributed by atoms with Gasteiger partial charge in [-0.05, 0) is 31.9 Å². The molecule has 0 radical (unpaired) electrons. The summed E-state index contributed by atoms with van der Waals surface area (Å²) in [4.78, 5) is 13.7. The summed E-state index contributed by atoms with van der Waals surface area (Å²) in [5, 5.41) is 11.9. The highest BCUT2D eigenvalue weighted by Gasteiger charge is 2.29. The number of likely N-dealkylation sites (tertiary alicyclic amines) is 1. The molecule has 0 saturated carbocycles. The van der Waals surface area contributed by atoms with Crippen molar-refractivity contribution in [2.75, 3.05) is 18.4 Å². The van der Waals surface area contributed by atoms with Crippen LogP contribution in [0.4, 0.5) is 5.69 Å². The first-order chi connectivity index (χ1) is 9.61. The minimum absolute atomic E-state index is 0.00296. The van der Waals surface area contributed by atoms with Crippen LogP contribution in [0.5, 0.6) is 0 Å². The summed E-state index contributed by atoms with van der Waals surface area (Å²) in [7, 11) is 0. The fourth-order valence-corrected chi connectivity index (χ4v) is 2.84. The quantitative estimate of drug-likeness (QED) is 0.868. The maximum absolute atomic E-state index is 12.3. The highest BCUT2D eigenvalue weighted by molar-refractivity contribution is 5.94. The van der Waals surface area contributed by atoms with E-state index >= 15 is 0 Å². The Morgan fingerprint density at radius 2 is 2.25 bits per heavy atom. The lowest BCUT2D eigenvalue weighted by molar-refractivity contribution is -0.922. The third-order valence-corrected chi connectivity index (χ3v) is 4.12. The SMILES string of the molecule is C[C@@H]1CCC[NH+]([C@@H](C)C(=O)Nc2ccccc2C#N)C1. The van der Waals surface area contributed by atoms with Gasteiger partial charge in [-0.25, -0.2) is 0 Å². The molecule has 1 unspecified atom stereocenters. The molecule has 1 aliphatic heterocycles. The van der Waals surface area contributed by atoms with Crippen LogP contribution in [0.15, 0.2) is 24.3 Å². The van der Waals surface area contributed by atoms with E-state index in [-0.39, 0.29) is 11.9 Å². The number of hydrogen-bond acceptors (Lipinski definition) is 2. The van der Waals surface area contributed by atoms with Gasteiger partial charge in [-0.1, -0.05) is 19.1 Å². The molecule has 1 fully saturated rings. The van der Waals surface area contributed by atoms with Crippen molar-refractivity contribution in [3.63, 3.8) is 0 Å². The van der Waals surface area contributed by atoms with Gasteiger partial charge < -0.3 is 10.2 Å². The van der Waals surface area contributed by atoms with Crippen molar-refractivity contribution in [3.8, 4) is 6.07 Å². The van der Waals surface area contributed by atoms with E-state index in [0.29, 0.717) is 17.2 Å². The van der Waals surface area contributed by atoms with Crippen LogP contribution in [0.25, 0.3) is 0 Å². The van der Waals surface area contributed by atoms with Crippen molar-refractivity contribution < 1.29 is 9.69 Å². The van der Waals surface area contributed by atoms with Crippen LogP contribution < -0.4 is 10.2 Å². The molecule has 1 aromatic rings. The molecule has 20 heavy (non-hydrogen) atoms. The van der Waals surface area contributed by atoms with Crippen molar-refractivity contribution in [1.82, 2.24) is 0 Å². The number of nitrogens with one attached hydrogen (secondary N) is 2. The first-order valence-electron chi connectivity index (χ1n) is 7.26. The average molecular weight is 272 g/mol. The molecule has 0 spiro atoms. The summed E-state index contributed by atoms with van der Waals surface area (Å²) < 4.78 is 0. The van der Waals surface area contributed by atoms with Crippen LogP contribution in [0, 0.1) is 17.2 Å². The summed E-state index contributed by atoms with van der Waals surface area (Å²) in [5.74, 6) is 0.678. The first-order valence-corrected chi connectivity index (χ1v) is 7.26. The molecule has 3 atom stereocenters. The molecular formula is C16H22N3O+. The smallest absolute Gasteiger partial charge is 0.282 e. The van der Waals surface area contributed by atoms with Gasteiger partial charge in [0.15, 0.2) is 6.04 Å². The van der Waals surface area contributed by atoms with E-state index in [1.807, 2.05) is 13.0 Å². The molecule has 0 bridgehead atoms. The number of amides is 1. The molecule has 4 nitrogen and oxygen atoms in total. The number of quaternary nitrogens is 1. The van der Waals surface area contributed by atoms with Crippen molar-refractivity contribution in [1.29, 1.82) is 5.26 Å².